The van der Waals surface area contributed by atoms with Gasteiger partial charge in [-0.1, -0.05) is 112 Å². The molecular formula is C41H45F3N4O7Si. The molecule has 15 heteroatoms. The van der Waals surface area contributed by atoms with Crippen LogP contribution in [0, 0.1) is 0 Å². The summed E-state index contributed by atoms with van der Waals surface area (Å²) < 4.78 is 65.0. The summed E-state index contributed by atoms with van der Waals surface area (Å²) in [4.78, 5) is 42.3. The van der Waals surface area contributed by atoms with E-state index in [0.717, 1.165) is 16.6 Å². The number of hydrogen-bond donors (Lipinski definition) is 2. The molecule has 3 aromatic carbocycles. The molecule has 1 aliphatic heterocycles. The second-order valence-electron chi connectivity index (χ2n) is 14.0. The Morgan fingerprint density at radius 2 is 1.59 bits per heavy atom. The first-order chi connectivity index (χ1) is 26.7. The van der Waals surface area contributed by atoms with E-state index in [0.29, 0.717) is 5.56 Å². The molecule has 296 valence electrons. The maximum absolute atomic E-state index is 13.7. The van der Waals surface area contributed by atoms with Crippen LogP contribution in [-0.2, 0) is 29.9 Å². The smallest absolute Gasteiger partial charge is 0.405 e. The number of anilines is 1. The minimum Gasteiger partial charge on any atom is -0.405 e. The van der Waals surface area contributed by atoms with Gasteiger partial charge in [-0.15, -0.1) is 6.58 Å². The molecule has 5 rings (SSSR count). The van der Waals surface area contributed by atoms with E-state index in [9.17, 15) is 27.6 Å². The molecule has 0 radical (unpaired) electrons. The number of ether oxygens (including phenoxy) is 3. The Kier molecular flexibility index (Phi) is 14.0. The van der Waals surface area contributed by atoms with E-state index >= 15 is 0 Å². The number of carbonyl (C=O) groups is 2. The fourth-order valence-electron chi connectivity index (χ4n) is 6.58. The summed E-state index contributed by atoms with van der Waals surface area (Å²) in [7, 11) is -3.01. The first-order valence-corrected chi connectivity index (χ1v) is 19.9. The highest BCUT2D eigenvalue weighted by Crippen LogP contribution is 2.38. The van der Waals surface area contributed by atoms with E-state index in [1.165, 1.54) is 16.8 Å². The third-order valence-electron chi connectivity index (χ3n) is 9.20. The summed E-state index contributed by atoms with van der Waals surface area (Å²) >= 11 is 0. The highest BCUT2D eigenvalue weighted by molar-refractivity contribution is 6.99. The highest BCUT2D eigenvalue weighted by atomic mass is 28.4. The van der Waals surface area contributed by atoms with Crippen LogP contribution in [0.3, 0.4) is 0 Å². The van der Waals surface area contributed by atoms with Crippen LogP contribution in [-0.4, -0.2) is 68.1 Å². The second kappa shape index (κ2) is 18.6. The summed E-state index contributed by atoms with van der Waals surface area (Å²) in [6, 6.07) is 28.4. The number of hydrogen-bond acceptors (Lipinski definition) is 8. The van der Waals surface area contributed by atoms with Crippen molar-refractivity contribution in [2.45, 2.75) is 63.3 Å². The van der Waals surface area contributed by atoms with Gasteiger partial charge in [0.25, 0.3) is 14.2 Å². The van der Waals surface area contributed by atoms with Crippen LogP contribution in [0.2, 0.25) is 5.04 Å². The molecule has 1 aliphatic rings. The molecular weight excluding hydrogens is 746 g/mol. The third-order valence-corrected chi connectivity index (χ3v) is 14.2. The Balaban J connectivity index is 1.48. The average molecular weight is 791 g/mol. The summed E-state index contributed by atoms with van der Waals surface area (Å²) in [6.07, 6.45) is -2.13. The molecule has 0 saturated carbocycles. The predicted octanol–water partition coefficient (Wildman–Crippen LogP) is 5.64. The van der Waals surface area contributed by atoms with Crippen molar-refractivity contribution in [2.24, 2.45) is 0 Å². The van der Waals surface area contributed by atoms with Gasteiger partial charge in [0.05, 0.1) is 19.3 Å². The minimum atomic E-state index is -5.08. The van der Waals surface area contributed by atoms with Gasteiger partial charge >= 0.3 is 17.8 Å². The topological polar surface area (TPSA) is 130 Å². The Hall–Kier alpha value is -5.19. The van der Waals surface area contributed by atoms with Crippen LogP contribution in [0.15, 0.2) is 127 Å². The number of aromatic nitrogens is 2. The molecule has 1 fully saturated rings. The van der Waals surface area contributed by atoms with Crippen LogP contribution in [0.4, 0.5) is 19.0 Å². The number of benzene rings is 3. The van der Waals surface area contributed by atoms with Crippen molar-refractivity contribution in [3.05, 3.63) is 144 Å². The largest absolute Gasteiger partial charge is 0.471 e. The normalized spacial score (nSPS) is 17.5. The van der Waals surface area contributed by atoms with E-state index in [1.54, 1.807) is 41.7 Å². The van der Waals surface area contributed by atoms with Crippen LogP contribution in [0.5, 0.6) is 0 Å². The lowest BCUT2D eigenvalue weighted by molar-refractivity contribution is -0.172. The SMILES string of the molecule is C=CCOCO[C@H]1C[C@H](n2cc(CC=CNC(=O)C(F)(F)F)c(NC(=O)c3ccccc3)nc2=O)O[C@@H]1CO[Si](c1ccccc1)(c1ccccc1)C(C)(C)C. The van der Waals surface area contributed by atoms with Gasteiger partial charge < -0.3 is 29.3 Å². The highest BCUT2D eigenvalue weighted by Gasteiger charge is 2.51. The van der Waals surface area contributed by atoms with Gasteiger partial charge in [0.2, 0.25) is 0 Å². The Bertz CT molecular complexity index is 1980. The van der Waals surface area contributed by atoms with E-state index < -0.39 is 50.4 Å². The minimum absolute atomic E-state index is 0.0836. The summed E-state index contributed by atoms with van der Waals surface area (Å²) in [5.41, 5.74) is -0.209. The molecule has 11 nitrogen and oxygen atoms in total. The Morgan fingerprint density at radius 3 is 2.16 bits per heavy atom. The predicted molar refractivity (Wildman–Crippen MR) is 208 cm³/mol. The molecule has 1 saturated heterocycles. The zero-order valence-electron chi connectivity index (χ0n) is 31.3. The van der Waals surface area contributed by atoms with Gasteiger partial charge in [-0.25, -0.2) is 4.79 Å². The monoisotopic (exact) mass is 790 g/mol. The molecule has 4 aromatic rings. The number of nitrogens with one attached hydrogen (secondary N) is 2. The number of alkyl halides is 3. The fraction of sp³-hybridized carbons (Fsp3) is 0.317. The van der Waals surface area contributed by atoms with Crippen LogP contribution >= 0.6 is 0 Å². The van der Waals surface area contributed by atoms with Gasteiger partial charge in [-0.2, -0.15) is 18.2 Å². The lowest BCUT2D eigenvalue weighted by Gasteiger charge is -2.43. The van der Waals surface area contributed by atoms with Crippen molar-refractivity contribution >= 4 is 36.3 Å². The lowest BCUT2D eigenvalue weighted by Crippen LogP contribution is -2.67. The summed E-state index contributed by atoms with van der Waals surface area (Å²) in [5.74, 6) is -2.82. The van der Waals surface area contributed by atoms with Crippen LogP contribution < -0.4 is 26.7 Å². The number of allylic oxidation sites excluding steroid dienone is 1. The molecule has 56 heavy (non-hydrogen) atoms. The Morgan fingerprint density at radius 1 is 0.982 bits per heavy atom. The molecule has 3 atom stereocenters. The van der Waals surface area contributed by atoms with Crippen LogP contribution in [0.1, 0.15) is 49.3 Å². The van der Waals surface area contributed by atoms with Crippen molar-refractivity contribution in [1.29, 1.82) is 0 Å². The van der Waals surface area contributed by atoms with Gasteiger partial charge in [-0.3, -0.25) is 14.2 Å². The number of amides is 2. The van der Waals surface area contributed by atoms with Crippen molar-refractivity contribution in [3.8, 4) is 0 Å². The van der Waals surface area contributed by atoms with Gasteiger partial charge in [-0.05, 0) is 34.0 Å². The van der Waals surface area contributed by atoms with Crippen LogP contribution in [0.25, 0.3) is 0 Å². The van der Waals surface area contributed by atoms with Crippen molar-refractivity contribution in [3.63, 3.8) is 0 Å². The van der Waals surface area contributed by atoms with Crippen molar-refractivity contribution in [2.75, 3.05) is 25.3 Å². The summed E-state index contributed by atoms with van der Waals surface area (Å²) in [5, 5.41) is 6.10. The van der Waals surface area contributed by atoms with Gasteiger partial charge in [0.15, 0.2) is 0 Å². The number of halogens is 3. The molecule has 0 bridgehead atoms. The number of carbonyl (C=O) groups excluding carboxylic acids is 2. The van der Waals surface area contributed by atoms with Gasteiger partial charge in [0, 0.05) is 29.9 Å². The molecule has 0 unspecified atom stereocenters. The number of nitrogens with zero attached hydrogens (tertiary/aromatic N) is 2. The maximum atomic E-state index is 13.7. The number of rotatable bonds is 16. The first kappa shape index (κ1) is 42.0. The second-order valence-corrected chi connectivity index (χ2v) is 18.3. The zero-order valence-corrected chi connectivity index (χ0v) is 32.3. The molecule has 1 aromatic heterocycles. The van der Waals surface area contributed by atoms with E-state index in [2.05, 4.69) is 61.9 Å². The molecule has 0 spiro atoms. The first-order valence-electron chi connectivity index (χ1n) is 18.0. The van der Waals surface area contributed by atoms with Gasteiger partial charge in [0.1, 0.15) is 24.9 Å². The van der Waals surface area contributed by atoms with Crippen molar-refractivity contribution < 1.29 is 41.4 Å². The standard InChI is InChI=1S/C41H45F3N4O7Si/c1-5-24-52-28-53-33-25-35(55-34(33)27-54-56(40(2,3)4,31-19-11-7-12-20-31)32-21-13-8-14-22-32)48-26-30(18-15-23-45-38(50)41(42,43)44)36(47-39(48)51)46-37(49)29-16-9-6-10-17-29/h5-17,19-23,26,33-35H,1,18,24-25,27-28H2,2-4H3,(H,45,50)(H,46,47,49,51)/t33-,34+,35+/m0/s1. The Labute approximate surface area is 324 Å². The van der Waals surface area contributed by atoms with Crippen molar-refractivity contribution in [1.82, 2.24) is 14.9 Å². The third kappa shape index (κ3) is 10.2. The zero-order chi connectivity index (χ0) is 40.3. The molecule has 2 amide bonds. The fourth-order valence-corrected chi connectivity index (χ4v) is 11.1. The lowest BCUT2D eigenvalue weighted by atomic mass is 10.1. The average Bonchev–Trinajstić information content (AvgIpc) is 3.58. The maximum Gasteiger partial charge on any atom is 0.471 e. The molecule has 2 N–H and O–H groups in total. The summed E-state index contributed by atoms with van der Waals surface area (Å²) in [6.45, 7) is 10.4. The molecule has 0 aliphatic carbocycles. The molecule has 2 heterocycles. The van der Waals surface area contributed by atoms with E-state index in [1.807, 2.05) is 36.4 Å². The van der Waals surface area contributed by atoms with E-state index in [4.69, 9.17) is 18.6 Å². The quantitative estimate of drug-likeness (QED) is 0.0647. The van der Waals surface area contributed by atoms with E-state index in [-0.39, 0.29) is 49.3 Å².